The number of amides is 1. The summed E-state index contributed by atoms with van der Waals surface area (Å²) < 4.78 is 14.0. The lowest BCUT2D eigenvalue weighted by Crippen LogP contribution is -2.34. The Balaban J connectivity index is 1.48. The molecule has 3 nitrogen and oxygen atoms in total. The van der Waals surface area contributed by atoms with Crippen molar-refractivity contribution in [2.24, 2.45) is 0 Å². The average molecular weight is 380 g/mol. The molecule has 0 N–H and O–H groups in total. The molecule has 0 saturated heterocycles. The highest BCUT2D eigenvalue weighted by atomic mass is 32.1. The molecule has 1 saturated carbocycles. The van der Waals surface area contributed by atoms with Crippen molar-refractivity contribution in [1.82, 2.24) is 9.88 Å². The molecule has 0 radical (unpaired) electrons. The Labute approximate surface area is 162 Å². The molecule has 0 bridgehead atoms. The fourth-order valence-corrected chi connectivity index (χ4v) is 3.99. The van der Waals surface area contributed by atoms with E-state index in [4.69, 9.17) is 0 Å². The first-order valence-electron chi connectivity index (χ1n) is 9.14. The third-order valence-electron chi connectivity index (χ3n) is 4.76. The smallest absolute Gasteiger partial charge is 0.229 e. The van der Waals surface area contributed by atoms with E-state index in [9.17, 15) is 9.18 Å². The molecule has 1 fully saturated rings. The molecular weight excluding hydrogens is 359 g/mol. The Morgan fingerprint density at radius 2 is 2.04 bits per heavy atom. The van der Waals surface area contributed by atoms with Gasteiger partial charge in [0.2, 0.25) is 5.91 Å². The van der Waals surface area contributed by atoms with E-state index in [-0.39, 0.29) is 24.2 Å². The van der Waals surface area contributed by atoms with Crippen LogP contribution in [-0.4, -0.2) is 21.8 Å². The Morgan fingerprint density at radius 3 is 2.78 bits per heavy atom. The lowest BCUT2D eigenvalue weighted by Gasteiger charge is -2.22. The fraction of sp³-hybridized carbons (Fsp3) is 0.273. The number of carbonyl (C=O) groups is 1. The van der Waals surface area contributed by atoms with Crippen LogP contribution in [0.2, 0.25) is 0 Å². The average Bonchev–Trinajstić information content (AvgIpc) is 3.39. The number of aryl methyl sites for hydroxylation is 1. The molecular formula is C22H21FN2OS. The van der Waals surface area contributed by atoms with Crippen molar-refractivity contribution in [2.75, 3.05) is 0 Å². The zero-order valence-corrected chi connectivity index (χ0v) is 16.0. The lowest BCUT2D eigenvalue weighted by molar-refractivity contribution is -0.131. The maximum absolute atomic E-state index is 14.0. The Morgan fingerprint density at radius 1 is 1.22 bits per heavy atom. The normalized spacial score (nSPS) is 13.6. The summed E-state index contributed by atoms with van der Waals surface area (Å²) >= 11 is 1.55. The second kappa shape index (κ2) is 7.61. The Kier molecular flexibility index (Phi) is 5.03. The standard InChI is InChI=1S/C22H21FN2OS/c1-15-5-4-7-16(11-15)22-24-18(14-27-22)12-21(26)25(19-9-10-19)13-17-6-2-3-8-20(17)23/h2-8,11,14,19H,9-10,12-13H2,1H3. The minimum atomic E-state index is -0.258. The molecule has 1 aromatic heterocycles. The van der Waals surface area contributed by atoms with Crippen molar-refractivity contribution in [1.29, 1.82) is 0 Å². The molecule has 1 aliphatic carbocycles. The van der Waals surface area contributed by atoms with E-state index in [1.54, 1.807) is 23.5 Å². The van der Waals surface area contributed by atoms with E-state index in [2.05, 4.69) is 24.0 Å². The van der Waals surface area contributed by atoms with Crippen molar-refractivity contribution >= 4 is 17.2 Å². The minimum absolute atomic E-state index is 0.0156. The SMILES string of the molecule is Cc1cccc(-c2nc(CC(=O)N(Cc3ccccc3F)C3CC3)cs2)c1. The molecule has 1 amide bonds. The minimum Gasteiger partial charge on any atom is -0.335 e. The summed E-state index contributed by atoms with van der Waals surface area (Å²) in [5.74, 6) is -0.242. The van der Waals surface area contributed by atoms with Crippen molar-refractivity contribution in [2.45, 2.75) is 38.8 Å². The molecule has 138 valence electrons. The van der Waals surface area contributed by atoms with Crippen LogP contribution in [0.15, 0.2) is 53.9 Å². The van der Waals surface area contributed by atoms with Crippen LogP contribution in [-0.2, 0) is 17.8 Å². The zero-order valence-electron chi connectivity index (χ0n) is 15.2. The summed E-state index contributed by atoms with van der Waals surface area (Å²) in [4.78, 5) is 19.3. The predicted molar refractivity (Wildman–Crippen MR) is 106 cm³/mol. The summed E-state index contributed by atoms with van der Waals surface area (Å²) in [6, 6.07) is 15.1. The second-order valence-electron chi connectivity index (χ2n) is 7.03. The van der Waals surface area contributed by atoms with Crippen LogP contribution in [0, 0.1) is 12.7 Å². The van der Waals surface area contributed by atoms with Gasteiger partial charge in [0.25, 0.3) is 0 Å². The summed E-state index contributed by atoms with van der Waals surface area (Å²) in [6.45, 7) is 2.38. The van der Waals surface area contributed by atoms with E-state index in [0.29, 0.717) is 12.1 Å². The first kappa shape index (κ1) is 17.9. The van der Waals surface area contributed by atoms with Gasteiger partial charge in [0, 0.05) is 29.1 Å². The van der Waals surface area contributed by atoms with Crippen LogP contribution in [0.4, 0.5) is 4.39 Å². The molecule has 0 spiro atoms. The summed E-state index contributed by atoms with van der Waals surface area (Å²) in [5, 5.41) is 2.87. The van der Waals surface area contributed by atoms with Crippen molar-refractivity contribution in [3.63, 3.8) is 0 Å². The van der Waals surface area contributed by atoms with E-state index in [0.717, 1.165) is 29.1 Å². The number of carbonyl (C=O) groups excluding carboxylic acids is 1. The molecule has 4 rings (SSSR count). The number of benzene rings is 2. The number of aromatic nitrogens is 1. The molecule has 3 aromatic rings. The van der Waals surface area contributed by atoms with E-state index >= 15 is 0 Å². The van der Waals surface area contributed by atoms with Gasteiger partial charge < -0.3 is 4.90 Å². The van der Waals surface area contributed by atoms with E-state index < -0.39 is 0 Å². The monoisotopic (exact) mass is 380 g/mol. The van der Waals surface area contributed by atoms with Gasteiger partial charge in [-0.3, -0.25) is 4.79 Å². The fourth-order valence-electron chi connectivity index (χ4n) is 3.17. The zero-order chi connectivity index (χ0) is 18.8. The maximum Gasteiger partial charge on any atom is 0.229 e. The molecule has 0 aliphatic heterocycles. The molecule has 0 unspecified atom stereocenters. The van der Waals surface area contributed by atoms with E-state index in [1.165, 1.54) is 11.6 Å². The van der Waals surface area contributed by atoms with Crippen LogP contribution in [0.3, 0.4) is 0 Å². The first-order chi connectivity index (χ1) is 13.1. The van der Waals surface area contributed by atoms with Crippen molar-refractivity contribution in [3.05, 3.63) is 76.5 Å². The molecule has 1 aliphatic rings. The van der Waals surface area contributed by atoms with Crippen molar-refractivity contribution in [3.8, 4) is 10.6 Å². The molecule has 2 aromatic carbocycles. The topological polar surface area (TPSA) is 33.2 Å². The predicted octanol–water partition coefficient (Wildman–Crippen LogP) is 4.99. The Hall–Kier alpha value is -2.53. The number of rotatable bonds is 6. The summed E-state index contributed by atoms with van der Waals surface area (Å²) in [5.41, 5.74) is 3.60. The summed E-state index contributed by atoms with van der Waals surface area (Å²) in [6.07, 6.45) is 2.24. The van der Waals surface area contributed by atoms with Gasteiger partial charge in [-0.1, -0.05) is 42.0 Å². The highest BCUT2D eigenvalue weighted by Gasteiger charge is 2.33. The van der Waals surface area contributed by atoms with Gasteiger partial charge in [-0.15, -0.1) is 11.3 Å². The quantitative estimate of drug-likeness (QED) is 0.603. The van der Waals surface area contributed by atoms with Crippen LogP contribution in [0.5, 0.6) is 0 Å². The maximum atomic E-state index is 14.0. The second-order valence-corrected chi connectivity index (χ2v) is 7.89. The van der Waals surface area contributed by atoms with Gasteiger partial charge in [-0.05, 0) is 31.9 Å². The van der Waals surface area contributed by atoms with Crippen molar-refractivity contribution < 1.29 is 9.18 Å². The third kappa shape index (κ3) is 4.25. The van der Waals surface area contributed by atoms with Crippen LogP contribution < -0.4 is 0 Å². The van der Waals surface area contributed by atoms with Crippen LogP contribution in [0.1, 0.15) is 29.7 Å². The third-order valence-corrected chi connectivity index (χ3v) is 5.70. The molecule has 5 heteroatoms. The number of halogens is 1. The first-order valence-corrected chi connectivity index (χ1v) is 10.0. The van der Waals surface area contributed by atoms with Gasteiger partial charge in [-0.2, -0.15) is 0 Å². The van der Waals surface area contributed by atoms with Gasteiger partial charge in [0.1, 0.15) is 10.8 Å². The van der Waals surface area contributed by atoms with Gasteiger partial charge in [0.05, 0.1) is 12.1 Å². The molecule has 27 heavy (non-hydrogen) atoms. The highest BCUT2D eigenvalue weighted by Crippen LogP contribution is 2.30. The highest BCUT2D eigenvalue weighted by molar-refractivity contribution is 7.13. The number of nitrogens with zero attached hydrogens (tertiary/aromatic N) is 2. The van der Waals surface area contributed by atoms with Gasteiger partial charge in [0.15, 0.2) is 0 Å². The lowest BCUT2D eigenvalue weighted by atomic mass is 10.1. The molecule has 1 heterocycles. The van der Waals surface area contributed by atoms with E-state index in [1.807, 2.05) is 28.5 Å². The largest absolute Gasteiger partial charge is 0.335 e. The molecule has 0 atom stereocenters. The summed E-state index contributed by atoms with van der Waals surface area (Å²) in [7, 11) is 0. The number of hydrogen-bond donors (Lipinski definition) is 0. The Bertz CT molecular complexity index is 964. The van der Waals surface area contributed by atoms with Crippen LogP contribution >= 0.6 is 11.3 Å². The van der Waals surface area contributed by atoms with Gasteiger partial charge >= 0.3 is 0 Å². The van der Waals surface area contributed by atoms with Crippen LogP contribution in [0.25, 0.3) is 10.6 Å². The van der Waals surface area contributed by atoms with Gasteiger partial charge in [-0.25, -0.2) is 9.37 Å². The number of thiazole rings is 1. The number of hydrogen-bond acceptors (Lipinski definition) is 3.